The van der Waals surface area contributed by atoms with Gasteiger partial charge in [-0.1, -0.05) is 19.9 Å². The van der Waals surface area contributed by atoms with E-state index in [0.29, 0.717) is 0 Å². The van der Waals surface area contributed by atoms with Gasteiger partial charge in [0.1, 0.15) is 12.3 Å². The predicted octanol–water partition coefficient (Wildman–Crippen LogP) is 2.09. The van der Waals surface area contributed by atoms with Gasteiger partial charge in [0.25, 0.3) is 0 Å². The van der Waals surface area contributed by atoms with Crippen molar-refractivity contribution in [3.8, 4) is 0 Å². The summed E-state index contributed by atoms with van der Waals surface area (Å²) in [4.78, 5) is 15.5. The summed E-state index contributed by atoms with van der Waals surface area (Å²) >= 11 is 0. The molecule has 0 saturated carbocycles. The Morgan fingerprint density at radius 1 is 1.42 bits per heavy atom. The number of ether oxygens (including phenoxy) is 1. The third-order valence-electron chi connectivity index (χ3n) is 2.55. The molecule has 0 saturated heterocycles. The standard InChI is InChI=1S/C12H14N2O3.C2H6/c1-9-10(8-17-12(16)5-7-15)13-11-4-2-3-6-14(9)11;1-2/h2-4,6,15H,5,7-8H2,1H3;1-2H3. The smallest absolute Gasteiger partial charge is 0.308 e. The van der Waals surface area contributed by atoms with E-state index in [9.17, 15) is 4.79 Å². The van der Waals surface area contributed by atoms with Gasteiger partial charge in [0, 0.05) is 11.9 Å². The molecule has 0 aliphatic carbocycles. The largest absolute Gasteiger partial charge is 0.459 e. The number of imidazole rings is 1. The molecule has 5 heteroatoms. The van der Waals surface area contributed by atoms with Crippen LogP contribution in [-0.2, 0) is 16.1 Å². The van der Waals surface area contributed by atoms with E-state index >= 15 is 0 Å². The van der Waals surface area contributed by atoms with Crippen LogP contribution in [0.25, 0.3) is 5.65 Å². The van der Waals surface area contributed by atoms with E-state index in [1.165, 1.54) is 0 Å². The van der Waals surface area contributed by atoms with Crippen LogP contribution in [0.15, 0.2) is 24.4 Å². The highest BCUT2D eigenvalue weighted by Crippen LogP contribution is 2.12. The molecule has 0 unspecified atom stereocenters. The average molecular weight is 264 g/mol. The fraction of sp³-hybridized carbons (Fsp3) is 0.429. The van der Waals surface area contributed by atoms with Gasteiger partial charge in [0.2, 0.25) is 0 Å². The highest BCUT2D eigenvalue weighted by molar-refractivity contribution is 5.69. The lowest BCUT2D eigenvalue weighted by atomic mass is 10.3. The van der Waals surface area contributed by atoms with E-state index < -0.39 is 5.97 Å². The molecule has 2 aromatic rings. The van der Waals surface area contributed by atoms with Gasteiger partial charge in [-0.2, -0.15) is 0 Å². The monoisotopic (exact) mass is 264 g/mol. The quantitative estimate of drug-likeness (QED) is 0.859. The molecule has 2 heterocycles. The van der Waals surface area contributed by atoms with Crippen LogP contribution in [0.4, 0.5) is 0 Å². The predicted molar refractivity (Wildman–Crippen MR) is 72.8 cm³/mol. The van der Waals surface area contributed by atoms with E-state index in [0.717, 1.165) is 17.0 Å². The summed E-state index contributed by atoms with van der Waals surface area (Å²) < 4.78 is 6.94. The summed E-state index contributed by atoms with van der Waals surface area (Å²) in [7, 11) is 0. The van der Waals surface area contributed by atoms with E-state index in [2.05, 4.69) is 4.98 Å². The van der Waals surface area contributed by atoms with Gasteiger partial charge in [-0.05, 0) is 19.1 Å². The third kappa shape index (κ3) is 3.79. The van der Waals surface area contributed by atoms with Gasteiger partial charge in [0.05, 0.1) is 18.7 Å². The Labute approximate surface area is 112 Å². The summed E-state index contributed by atoms with van der Waals surface area (Å²) in [6, 6.07) is 5.72. The summed E-state index contributed by atoms with van der Waals surface area (Å²) in [5.74, 6) is -0.413. The van der Waals surface area contributed by atoms with Gasteiger partial charge in [0.15, 0.2) is 0 Å². The van der Waals surface area contributed by atoms with Crippen molar-refractivity contribution in [1.29, 1.82) is 0 Å². The molecule has 0 aliphatic rings. The molecule has 0 fully saturated rings. The van der Waals surface area contributed by atoms with Gasteiger partial charge < -0.3 is 14.2 Å². The number of aryl methyl sites for hydroxylation is 1. The summed E-state index contributed by atoms with van der Waals surface area (Å²) in [5.41, 5.74) is 2.53. The first-order valence-electron chi connectivity index (χ1n) is 6.41. The number of pyridine rings is 1. The van der Waals surface area contributed by atoms with E-state index in [4.69, 9.17) is 9.84 Å². The molecule has 0 aromatic carbocycles. The van der Waals surface area contributed by atoms with Crippen molar-refractivity contribution in [3.05, 3.63) is 35.8 Å². The molecule has 5 nitrogen and oxygen atoms in total. The molecule has 2 aromatic heterocycles. The van der Waals surface area contributed by atoms with Crippen molar-refractivity contribution >= 4 is 11.6 Å². The maximum absolute atomic E-state index is 11.1. The summed E-state index contributed by atoms with van der Waals surface area (Å²) in [6.07, 6.45) is 1.93. The lowest BCUT2D eigenvalue weighted by Crippen LogP contribution is -2.07. The Bertz CT molecular complexity index is 534. The van der Waals surface area contributed by atoms with Crippen molar-refractivity contribution in [2.75, 3.05) is 6.61 Å². The number of fused-ring (bicyclic) bond motifs is 1. The summed E-state index contributed by atoms with van der Waals surface area (Å²) in [6.45, 7) is 5.88. The van der Waals surface area contributed by atoms with Crippen LogP contribution in [-0.4, -0.2) is 27.1 Å². The van der Waals surface area contributed by atoms with Gasteiger partial charge in [-0.3, -0.25) is 4.79 Å². The number of aliphatic hydroxyl groups excluding tert-OH is 1. The highest BCUT2D eigenvalue weighted by Gasteiger charge is 2.09. The molecule has 2 rings (SSSR count). The SMILES string of the molecule is CC.Cc1c(COC(=O)CCO)nc2ccccn12. The first-order valence-corrected chi connectivity index (χ1v) is 6.41. The Kier molecular flexibility index (Phi) is 6.02. The maximum Gasteiger partial charge on any atom is 0.308 e. The normalized spacial score (nSPS) is 9.89. The second-order valence-corrected chi connectivity index (χ2v) is 3.71. The molecule has 0 atom stereocenters. The van der Waals surface area contributed by atoms with Crippen LogP contribution in [0.1, 0.15) is 31.7 Å². The van der Waals surface area contributed by atoms with Crippen LogP contribution in [0.5, 0.6) is 0 Å². The minimum absolute atomic E-state index is 0.0203. The van der Waals surface area contributed by atoms with E-state index in [1.54, 1.807) is 0 Å². The van der Waals surface area contributed by atoms with Crippen molar-refractivity contribution in [1.82, 2.24) is 9.38 Å². The number of rotatable bonds is 4. The van der Waals surface area contributed by atoms with Crippen molar-refractivity contribution < 1.29 is 14.6 Å². The third-order valence-corrected chi connectivity index (χ3v) is 2.55. The number of carbonyl (C=O) groups excluding carboxylic acids is 1. The Balaban J connectivity index is 0.000000861. The first kappa shape index (κ1) is 15.2. The second kappa shape index (κ2) is 7.53. The fourth-order valence-corrected chi connectivity index (χ4v) is 1.62. The lowest BCUT2D eigenvalue weighted by Gasteiger charge is -2.02. The average Bonchev–Trinajstić information content (AvgIpc) is 2.76. The Hall–Kier alpha value is -1.88. The van der Waals surface area contributed by atoms with Crippen LogP contribution >= 0.6 is 0 Å². The number of hydrogen-bond acceptors (Lipinski definition) is 4. The Morgan fingerprint density at radius 3 is 2.79 bits per heavy atom. The second-order valence-electron chi connectivity index (χ2n) is 3.71. The first-order chi connectivity index (χ1) is 9.22. The van der Waals surface area contributed by atoms with Crippen molar-refractivity contribution in [3.63, 3.8) is 0 Å². The lowest BCUT2D eigenvalue weighted by molar-refractivity contribution is -0.145. The minimum Gasteiger partial charge on any atom is -0.459 e. The number of carbonyl (C=O) groups is 1. The molecule has 0 bridgehead atoms. The summed E-state index contributed by atoms with van der Waals surface area (Å²) in [5, 5.41) is 8.58. The van der Waals surface area contributed by atoms with E-state index in [1.807, 2.05) is 49.6 Å². The van der Waals surface area contributed by atoms with Crippen LogP contribution in [0, 0.1) is 6.92 Å². The van der Waals surface area contributed by atoms with Crippen LogP contribution in [0.2, 0.25) is 0 Å². The molecule has 104 valence electrons. The zero-order valence-electron chi connectivity index (χ0n) is 11.6. The fourth-order valence-electron chi connectivity index (χ4n) is 1.62. The van der Waals surface area contributed by atoms with Gasteiger partial charge in [-0.15, -0.1) is 0 Å². The molecule has 0 radical (unpaired) electrons. The van der Waals surface area contributed by atoms with Gasteiger partial charge >= 0.3 is 5.97 Å². The zero-order valence-corrected chi connectivity index (χ0v) is 11.6. The van der Waals surface area contributed by atoms with Crippen molar-refractivity contribution in [2.24, 2.45) is 0 Å². The minimum atomic E-state index is -0.413. The molecule has 0 spiro atoms. The molecular formula is C14H20N2O3. The number of aromatic nitrogens is 2. The zero-order chi connectivity index (χ0) is 14.3. The van der Waals surface area contributed by atoms with Crippen molar-refractivity contribution in [2.45, 2.75) is 33.8 Å². The Morgan fingerprint density at radius 2 is 2.16 bits per heavy atom. The topological polar surface area (TPSA) is 63.8 Å². The molecular weight excluding hydrogens is 244 g/mol. The molecule has 0 aliphatic heterocycles. The molecule has 0 amide bonds. The highest BCUT2D eigenvalue weighted by atomic mass is 16.5. The molecule has 19 heavy (non-hydrogen) atoms. The number of hydrogen-bond donors (Lipinski definition) is 1. The maximum atomic E-state index is 11.1. The number of nitrogens with zero attached hydrogens (tertiary/aromatic N) is 2. The van der Waals surface area contributed by atoms with E-state index in [-0.39, 0.29) is 19.6 Å². The van der Waals surface area contributed by atoms with Crippen LogP contribution in [0.3, 0.4) is 0 Å². The van der Waals surface area contributed by atoms with Crippen LogP contribution < -0.4 is 0 Å². The number of esters is 1. The number of aliphatic hydroxyl groups is 1. The molecule has 1 N–H and O–H groups in total. The van der Waals surface area contributed by atoms with Gasteiger partial charge in [-0.25, -0.2) is 4.98 Å².